The van der Waals surface area contributed by atoms with E-state index in [1.54, 1.807) is 12.1 Å². The van der Waals surface area contributed by atoms with E-state index in [9.17, 15) is 10.1 Å². The Morgan fingerprint density at radius 3 is 2.67 bits per heavy atom. The van der Waals surface area contributed by atoms with Gasteiger partial charge in [-0.1, -0.05) is 12.7 Å². The molecular formula is C11H13NO3. The molecular weight excluding hydrogens is 194 g/mol. The number of ether oxygens (including phenoxy) is 1. The third-order valence-electron chi connectivity index (χ3n) is 1.79. The molecule has 0 bridgehead atoms. The maximum absolute atomic E-state index is 10.5. The molecule has 0 heterocycles. The van der Waals surface area contributed by atoms with E-state index in [2.05, 4.69) is 6.58 Å². The number of nitro groups is 1. The van der Waals surface area contributed by atoms with Gasteiger partial charge < -0.3 is 4.74 Å². The van der Waals surface area contributed by atoms with Gasteiger partial charge in [-0.25, -0.2) is 0 Å². The zero-order chi connectivity index (χ0) is 11.4. The van der Waals surface area contributed by atoms with Crippen LogP contribution in [-0.4, -0.2) is 11.0 Å². The molecule has 1 aromatic carbocycles. The maximum Gasteiger partial charge on any atom is 0.270 e. The maximum atomic E-state index is 10.5. The van der Waals surface area contributed by atoms with E-state index in [1.165, 1.54) is 12.1 Å². The molecule has 0 unspecified atom stereocenters. The van der Waals surface area contributed by atoms with Crippen LogP contribution in [0, 0.1) is 10.1 Å². The fourth-order valence-electron chi connectivity index (χ4n) is 1.17. The van der Waals surface area contributed by atoms with Crippen molar-refractivity contribution >= 4 is 11.8 Å². The van der Waals surface area contributed by atoms with Crippen molar-refractivity contribution in [1.29, 1.82) is 0 Å². The molecule has 0 atom stereocenters. The number of rotatable bonds is 4. The topological polar surface area (TPSA) is 52.4 Å². The summed E-state index contributed by atoms with van der Waals surface area (Å²) in [4.78, 5) is 10.1. The highest BCUT2D eigenvalue weighted by Crippen LogP contribution is 2.25. The van der Waals surface area contributed by atoms with E-state index in [0.717, 1.165) is 0 Å². The third-order valence-corrected chi connectivity index (χ3v) is 1.79. The van der Waals surface area contributed by atoms with Crippen molar-refractivity contribution in [2.75, 3.05) is 0 Å². The molecule has 0 radical (unpaired) electrons. The Morgan fingerprint density at radius 2 is 2.20 bits per heavy atom. The van der Waals surface area contributed by atoms with Crippen LogP contribution in [0.4, 0.5) is 5.69 Å². The minimum atomic E-state index is -0.438. The van der Waals surface area contributed by atoms with Gasteiger partial charge >= 0.3 is 0 Å². The smallest absolute Gasteiger partial charge is 0.270 e. The molecule has 4 heteroatoms. The van der Waals surface area contributed by atoms with E-state index in [4.69, 9.17) is 4.74 Å². The van der Waals surface area contributed by atoms with Crippen LogP contribution in [0.25, 0.3) is 6.08 Å². The Balaban J connectivity index is 3.09. The van der Waals surface area contributed by atoms with Crippen LogP contribution in [0.2, 0.25) is 0 Å². The number of hydrogen-bond donors (Lipinski definition) is 0. The number of hydrogen-bond acceptors (Lipinski definition) is 3. The lowest BCUT2D eigenvalue weighted by molar-refractivity contribution is -0.384. The second-order valence-electron chi connectivity index (χ2n) is 3.35. The van der Waals surface area contributed by atoms with Gasteiger partial charge in [0.15, 0.2) is 0 Å². The van der Waals surface area contributed by atoms with Gasteiger partial charge in [0.2, 0.25) is 0 Å². The van der Waals surface area contributed by atoms with Gasteiger partial charge in [0.25, 0.3) is 5.69 Å². The van der Waals surface area contributed by atoms with Crippen molar-refractivity contribution in [2.45, 2.75) is 20.0 Å². The summed E-state index contributed by atoms with van der Waals surface area (Å²) in [7, 11) is 0. The van der Waals surface area contributed by atoms with Crippen molar-refractivity contribution in [1.82, 2.24) is 0 Å². The zero-order valence-electron chi connectivity index (χ0n) is 8.77. The molecule has 1 aromatic rings. The van der Waals surface area contributed by atoms with Crippen molar-refractivity contribution in [3.8, 4) is 5.75 Å². The Hall–Kier alpha value is -1.84. The van der Waals surface area contributed by atoms with E-state index >= 15 is 0 Å². The Morgan fingerprint density at radius 1 is 1.53 bits per heavy atom. The molecule has 0 aliphatic heterocycles. The molecule has 0 spiro atoms. The summed E-state index contributed by atoms with van der Waals surface area (Å²) in [5, 5.41) is 10.5. The van der Waals surface area contributed by atoms with Crippen LogP contribution in [-0.2, 0) is 0 Å². The average molecular weight is 207 g/mol. The molecule has 0 saturated carbocycles. The number of benzene rings is 1. The number of non-ortho nitro benzene ring substituents is 1. The summed E-state index contributed by atoms with van der Waals surface area (Å²) in [6, 6.07) is 4.46. The Labute approximate surface area is 88.3 Å². The fourth-order valence-corrected chi connectivity index (χ4v) is 1.17. The van der Waals surface area contributed by atoms with Crippen LogP contribution in [0.1, 0.15) is 19.4 Å². The quantitative estimate of drug-likeness (QED) is 0.563. The van der Waals surface area contributed by atoms with Crippen molar-refractivity contribution in [2.24, 2.45) is 0 Å². The Kier molecular flexibility index (Phi) is 3.44. The van der Waals surface area contributed by atoms with Crippen molar-refractivity contribution in [3.63, 3.8) is 0 Å². The summed E-state index contributed by atoms with van der Waals surface area (Å²) in [5.41, 5.74) is 0.680. The summed E-state index contributed by atoms with van der Waals surface area (Å²) >= 11 is 0. The van der Waals surface area contributed by atoms with Gasteiger partial charge in [0.1, 0.15) is 5.75 Å². The normalized spacial score (nSPS) is 10.1. The molecule has 0 aliphatic rings. The SMILES string of the molecule is C=Cc1cc([N+](=O)[O-])ccc1OC(C)C. The Bertz CT molecular complexity index is 385. The van der Waals surface area contributed by atoms with Crippen LogP contribution < -0.4 is 4.74 Å². The van der Waals surface area contributed by atoms with E-state index in [1.807, 2.05) is 13.8 Å². The molecule has 0 fully saturated rings. The standard InChI is InChI=1S/C11H13NO3/c1-4-9-7-10(12(13)14)5-6-11(9)15-8(2)3/h4-8H,1H2,2-3H3. The van der Waals surface area contributed by atoms with Crippen LogP contribution in [0.15, 0.2) is 24.8 Å². The monoisotopic (exact) mass is 207 g/mol. The first-order valence-corrected chi connectivity index (χ1v) is 4.62. The first-order valence-electron chi connectivity index (χ1n) is 4.62. The van der Waals surface area contributed by atoms with Crippen LogP contribution in [0.5, 0.6) is 5.75 Å². The first kappa shape index (κ1) is 11.2. The predicted octanol–water partition coefficient (Wildman–Crippen LogP) is 3.03. The van der Waals surface area contributed by atoms with Gasteiger partial charge in [-0.3, -0.25) is 10.1 Å². The van der Waals surface area contributed by atoms with Crippen molar-refractivity contribution in [3.05, 3.63) is 40.5 Å². The summed E-state index contributed by atoms with van der Waals surface area (Å²) < 4.78 is 5.48. The molecule has 0 aliphatic carbocycles. The minimum absolute atomic E-state index is 0.0326. The largest absolute Gasteiger partial charge is 0.490 e. The van der Waals surface area contributed by atoms with E-state index in [0.29, 0.717) is 11.3 Å². The number of nitrogens with zero attached hydrogens (tertiary/aromatic N) is 1. The zero-order valence-corrected chi connectivity index (χ0v) is 8.77. The minimum Gasteiger partial charge on any atom is -0.490 e. The van der Waals surface area contributed by atoms with Crippen LogP contribution >= 0.6 is 0 Å². The molecule has 0 saturated heterocycles. The summed E-state index contributed by atoms with van der Waals surface area (Å²) in [5.74, 6) is 0.616. The van der Waals surface area contributed by atoms with Gasteiger partial charge in [0, 0.05) is 17.7 Å². The molecule has 0 N–H and O–H groups in total. The molecule has 1 rings (SSSR count). The van der Waals surface area contributed by atoms with Gasteiger partial charge in [-0.2, -0.15) is 0 Å². The van der Waals surface area contributed by atoms with E-state index in [-0.39, 0.29) is 11.8 Å². The fraction of sp³-hybridized carbons (Fsp3) is 0.273. The van der Waals surface area contributed by atoms with E-state index < -0.39 is 4.92 Å². The summed E-state index contributed by atoms with van der Waals surface area (Å²) in [6.45, 7) is 7.39. The molecule has 0 aromatic heterocycles. The predicted molar refractivity (Wildman–Crippen MR) is 59.0 cm³/mol. The lowest BCUT2D eigenvalue weighted by Crippen LogP contribution is -2.06. The lowest BCUT2D eigenvalue weighted by Gasteiger charge is -2.11. The second-order valence-corrected chi connectivity index (χ2v) is 3.35. The van der Waals surface area contributed by atoms with Crippen LogP contribution in [0.3, 0.4) is 0 Å². The number of nitro benzene ring substituents is 1. The third kappa shape index (κ3) is 2.80. The first-order chi connectivity index (χ1) is 7.04. The molecule has 4 nitrogen and oxygen atoms in total. The molecule has 15 heavy (non-hydrogen) atoms. The highest BCUT2D eigenvalue weighted by atomic mass is 16.6. The second kappa shape index (κ2) is 4.59. The summed E-state index contributed by atoms with van der Waals surface area (Å²) in [6.07, 6.45) is 1.58. The highest BCUT2D eigenvalue weighted by Gasteiger charge is 2.10. The lowest BCUT2D eigenvalue weighted by atomic mass is 10.2. The molecule has 80 valence electrons. The van der Waals surface area contributed by atoms with Gasteiger partial charge in [-0.05, 0) is 19.9 Å². The average Bonchev–Trinajstić information content (AvgIpc) is 2.17. The highest BCUT2D eigenvalue weighted by molar-refractivity contribution is 5.59. The van der Waals surface area contributed by atoms with Crippen molar-refractivity contribution < 1.29 is 9.66 Å². The molecule has 0 amide bonds. The van der Waals surface area contributed by atoms with Gasteiger partial charge in [-0.15, -0.1) is 0 Å². The van der Waals surface area contributed by atoms with Gasteiger partial charge in [0.05, 0.1) is 11.0 Å².